The van der Waals surface area contributed by atoms with E-state index in [-0.39, 0.29) is 38.8 Å². The summed E-state index contributed by atoms with van der Waals surface area (Å²) in [5.41, 5.74) is 5.07. The van der Waals surface area contributed by atoms with Gasteiger partial charge in [0.15, 0.2) is 0 Å². The molecule has 0 unspecified atom stereocenters. The van der Waals surface area contributed by atoms with Crippen LogP contribution >= 0.6 is 0 Å². The van der Waals surface area contributed by atoms with Crippen LogP contribution in [-0.4, -0.2) is 16.2 Å². The third kappa shape index (κ3) is 8.18. The molecule has 0 radical (unpaired) electrons. The van der Waals surface area contributed by atoms with E-state index in [1.54, 1.807) is 36.9 Å². The molecule has 0 atom stereocenters. The first-order valence-corrected chi connectivity index (χ1v) is 11.8. The van der Waals surface area contributed by atoms with E-state index < -0.39 is 0 Å². The monoisotopic (exact) mass is 517 g/mol. The fourth-order valence-electron chi connectivity index (χ4n) is 3.63. The van der Waals surface area contributed by atoms with Gasteiger partial charge in [-0.1, -0.05) is 96.8 Å². The number of aromatic nitrogens is 2. The van der Waals surface area contributed by atoms with E-state index in [4.69, 9.17) is 0 Å². The van der Waals surface area contributed by atoms with Crippen LogP contribution in [0, 0.1) is 0 Å². The molecule has 0 spiro atoms. The van der Waals surface area contributed by atoms with Gasteiger partial charge >= 0.3 is 16.5 Å². The third-order valence-electron chi connectivity index (χ3n) is 5.60. The van der Waals surface area contributed by atoms with Crippen LogP contribution in [0.2, 0.25) is 0 Å². The molecule has 190 valence electrons. The number of aryl methyl sites for hydroxylation is 2. The average molecular weight is 518 g/mol. The Kier molecular flexibility index (Phi) is 11.1. The van der Waals surface area contributed by atoms with Crippen molar-refractivity contribution >= 4 is 11.9 Å². The molecule has 0 aliphatic heterocycles. The van der Waals surface area contributed by atoms with Crippen molar-refractivity contribution in [2.75, 3.05) is 0 Å². The van der Waals surface area contributed by atoms with Gasteiger partial charge in [-0.3, -0.25) is 15.0 Å². The van der Waals surface area contributed by atoms with Crippen molar-refractivity contribution in [3.63, 3.8) is 0 Å². The number of hydrogen-bond donors (Lipinski definition) is 0. The number of para-hydroxylation sites is 1. The topological polar surface area (TPSA) is 84.3 Å². The SMILES string of the molecule is CC(C)(C)c1ccc(C(C)(C)C)c([O-])c1[O-].CCc1cccc(CC)c1N=Cc1cnccn1.[Ni+2]. The maximum Gasteiger partial charge on any atom is 2.00 e. The number of hydrogen-bond acceptors (Lipinski definition) is 5. The minimum atomic E-state index is -0.347. The fourth-order valence-corrected chi connectivity index (χ4v) is 3.63. The summed E-state index contributed by atoms with van der Waals surface area (Å²) < 4.78 is 0. The first kappa shape index (κ1) is 30.3. The Labute approximate surface area is 220 Å². The van der Waals surface area contributed by atoms with Gasteiger partial charge in [0.2, 0.25) is 0 Å². The molecular weight excluding hydrogens is 481 g/mol. The van der Waals surface area contributed by atoms with Crippen LogP contribution in [0.3, 0.4) is 0 Å². The van der Waals surface area contributed by atoms with E-state index >= 15 is 0 Å². The van der Waals surface area contributed by atoms with Gasteiger partial charge < -0.3 is 10.2 Å². The van der Waals surface area contributed by atoms with Gasteiger partial charge in [0.1, 0.15) is 0 Å². The number of aliphatic imine (C=N–C) groups is 1. The quantitative estimate of drug-likeness (QED) is 0.324. The van der Waals surface area contributed by atoms with E-state index in [0.29, 0.717) is 11.1 Å². The molecule has 0 N–H and O–H groups in total. The summed E-state index contributed by atoms with van der Waals surface area (Å²) in [6.07, 6.45) is 8.80. The molecule has 3 rings (SSSR count). The Hall–Kier alpha value is -2.72. The van der Waals surface area contributed by atoms with Gasteiger partial charge in [-0.05, 0) is 34.8 Å². The molecule has 35 heavy (non-hydrogen) atoms. The largest absolute Gasteiger partial charge is 2.00 e. The summed E-state index contributed by atoms with van der Waals surface area (Å²) in [6.45, 7) is 16.0. The van der Waals surface area contributed by atoms with E-state index in [0.717, 1.165) is 24.2 Å². The van der Waals surface area contributed by atoms with Crippen LogP contribution in [0.4, 0.5) is 5.69 Å². The van der Waals surface area contributed by atoms with Crippen molar-refractivity contribution in [1.82, 2.24) is 9.97 Å². The van der Waals surface area contributed by atoms with Crippen LogP contribution in [0.5, 0.6) is 11.5 Å². The zero-order valence-corrected chi connectivity index (χ0v) is 23.1. The normalized spacial score (nSPS) is 11.5. The van der Waals surface area contributed by atoms with Crippen molar-refractivity contribution < 1.29 is 26.7 Å². The number of rotatable bonds is 4. The maximum atomic E-state index is 12.0. The van der Waals surface area contributed by atoms with E-state index in [1.165, 1.54) is 11.1 Å². The van der Waals surface area contributed by atoms with Crippen LogP contribution < -0.4 is 10.2 Å². The molecule has 1 heterocycles. The summed E-state index contributed by atoms with van der Waals surface area (Å²) in [5.74, 6) is -0.695. The van der Waals surface area contributed by atoms with Crippen molar-refractivity contribution in [1.29, 1.82) is 0 Å². The smallest absolute Gasteiger partial charge is 0.873 e. The van der Waals surface area contributed by atoms with Gasteiger partial charge in [0.05, 0.1) is 23.8 Å². The molecule has 2 aromatic carbocycles. The Morgan fingerprint density at radius 1 is 0.800 bits per heavy atom. The summed E-state index contributed by atoms with van der Waals surface area (Å²) in [7, 11) is 0. The fraction of sp³-hybridized carbons (Fsp3) is 0.414. The predicted molar refractivity (Wildman–Crippen MR) is 137 cm³/mol. The molecule has 1 aromatic heterocycles. The molecule has 0 amide bonds. The van der Waals surface area contributed by atoms with Crippen molar-refractivity contribution in [2.45, 2.75) is 79.1 Å². The van der Waals surface area contributed by atoms with Crippen molar-refractivity contribution in [3.8, 4) is 11.5 Å². The second kappa shape index (κ2) is 12.8. The predicted octanol–water partition coefficient (Wildman–Crippen LogP) is 5.78. The third-order valence-corrected chi connectivity index (χ3v) is 5.60. The average Bonchev–Trinajstić information content (AvgIpc) is 2.78. The Morgan fingerprint density at radius 3 is 1.66 bits per heavy atom. The van der Waals surface area contributed by atoms with Crippen LogP contribution in [0.25, 0.3) is 0 Å². The van der Waals surface area contributed by atoms with Gasteiger partial charge in [0.25, 0.3) is 0 Å². The Morgan fingerprint density at radius 2 is 1.29 bits per heavy atom. The first-order valence-electron chi connectivity index (χ1n) is 11.8. The molecule has 5 nitrogen and oxygen atoms in total. The van der Waals surface area contributed by atoms with E-state index in [9.17, 15) is 10.2 Å². The number of nitrogens with zero attached hydrogens (tertiary/aromatic N) is 3. The standard InChI is InChI=1S/C15H17N3.C14H22O2.Ni/c1-3-12-6-5-7-13(4-2)15(12)18-11-14-10-16-8-9-17-14;1-13(2,3)9-7-8-10(14(4,5)6)12(16)11(9)15;/h5-11H,3-4H2,1-2H3;7-8,15-16H,1-6H3;/q;;+2/p-2. The Bertz CT molecular complexity index is 1050. The summed E-state index contributed by atoms with van der Waals surface area (Å²) in [4.78, 5) is 12.8. The summed E-state index contributed by atoms with van der Waals surface area (Å²) >= 11 is 0. The second-order valence-corrected chi connectivity index (χ2v) is 10.3. The number of benzene rings is 2. The molecule has 0 aliphatic carbocycles. The Balaban J connectivity index is 0.000000343. The maximum absolute atomic E-state index is 12.0. The van der Waals surface area contributed by atoms with Crippen molar-refractivity contribution in [2.24, 2.45) is 4.99 Å². The molecule has 6 heteroatoms. The van der Waals surface area contributed by atoms with Crippen molar-refractivity contribution in [3.05, 3.63) is 76.9 Å². The molecule has 0 saturated carbocycles. The molecule has 3 aromatic rings. The molecule has 0 saturated heterocycles. The van der Waals surface area contributed by atoms with Crippen LogP contribution in [0.1, 0.15) is 83.3 Å². The summed E-state index contributed by atoms with van der Waals surface area (Å²) in [6, 6.07) is 9.94. The zero-order chi connectivity index (χ0) is 25.5. The second-order valence-electron chi connectivity index (χ2n) is 10.3. The van der Waals surface area contributed by atoms with Gasteiger partial charge in [-0.25, -0.2) is 0 Å². The minimum absolute atomic E-state index is 0. The van der Waals surface area contributed by atoms with E-state index in [1.807, 2.05) is 41.5 Å². The minimum Gasteiger partial charge on any atom is -0.873 e. The molecule has 0 aliphatic rings. The zero-order valence-electron chi connectivity index (χ0n) is 22.1. The van der Waals surface area contributed by atoms with Gasteiger partial charge in [0, 0.05) is 12.4 Å². The molecule has 0 bridgehead atoms. The molecular formula is C29H37N3NiO2. The van der Waals surface area contributed by atoms with Gasteiger partial charge in [-0.2, -0.15) is 0 Å². The summed E-state index contributed by atoms with van der Waals surface area (Å²) in [5, 5.41) is 23.9. The van der Waals surface area contributed by atoms with E-state index in [2.05, 4.69) is 47.0 Å². The van der Waals surface area contributed by atoms with Crippen LogP contribution in [-0.2, 0) is 40.2 Å². The van der Waals surface area contributed by atoms with Crippen LogP contribution in [0.15, 0.2) is 53.9 Å². The van der Waals surface area contributed by atoms with Gasteiger partial charge in [-0.15, -0.1) is 11.5 Å². The first-order chi connectivity index (χ1) is 15.9. The molecule has 0 fully saturated rings.